The van der Waals surface area contributed by atoms with Crippen molar-refractivity contribution < 1.29 is 9.84 Å². The number of aliphatic hydroxyl groups is 1. The van der Waals surface area contributed by atoms with Crippen LogP contribution in [-0.4, -0.2) is 38.0 Å². The molecule has 1 aromatic rings. The molecule has 4 nitrogen and oxygen atoms in total. The third-order valence-electron chi connectivity index (χ3n) is 2.46. The van der Waals surface area contributed by atoms with Crippen LogP contribution in [0, 0.1) is 0 Å². The fourth-order valence-electron chi connectivity index (χ4n) is 1.65. The first-order valence-corrected chi connectivity index (χ1v) is 7.90. The normalized spacial score (nSPS) is 9.71. The molecular formula is C13H22Br2Cl2N2O2. The number of hydrogen-bond donors (Lipinski definition) is 3. The summed E-state index contributed by atoms with van der Waals surface area (Å²) in [4.78, 5) is 0. The van der Waals surface area contributed by atoms with Crippen LogP contribution in [0.25, 0.3) is 0 Å². The predicted molar refractivity (Wildman–Crippen MR) is 99.2 cm³/mol. The minimum Gasteiger partial charge on any atom is -0.492 e. The molecule has 0 saturated carbocycles. The Morgan fingerprint density at radius 2 is 1.76 bits per heavy atom. The molecule has 0 aliphatic heterocycles. The summed E-state index contributed by atoms with van der Waals surface area (Å²) in [7, 11) is 0. The van der Waals surface area contributed by atoms with Gasteiger partial charge >= 0.3 is 0 Å². The smallest absolute Gasteiger partial charge is 0.138 e. The zero-order valence-electron chi connectivity index (χ0n) is 11.8. The van der Waals surface area contributed by atoms with Crippen molar-refractivity contribution in [1.29, 1.82) is 0 Å². The summed E-state index contributed by atoms with van der Waals surface area (Å²) < 4.78 is 7.65. The Morgan fingerprint density at radius 3 is 2.38 bits per heavy atom. The molecule has 1 aromatic carbocycles. The summed E-state index contributed by atoms with van der Waals surface area (Å²) in [5, 5.41) is 15.1. The van der Waals surface area contributed by atoms with Gasteiger partial charge in [0, 0.05) is 36.2 Å². The van der Waals surface area contributed by atoms with E-state index in [4.69, 9.17) is 9.84 Å². The lowest BCUT2D eigenvalue weighted by Crippen LogP contribution is -2.28. The van der Waals surface area contributed by atoms with Crippen molar-refractivity contribution in [2.75, 3.05) is 32.8 Å². The topological polar surface area (TPSA) is 53.5 Å². The number of halogens is 4. The molecule has 0 aliphatic rings. The van der Waals surface area contributed by atoms with E-state index >= 15 is 0 Å². The monoisotopic (exact) mass is 466 g/mol. The summed E-state index contributed by atoms with van der Waals surface area (Å²) in [5.74, 6) is 0.890. The number of aliphatic hydroxyl groups excluding tert-OH is 1. The largest absolute Gasteiger partial charge is 0.492 e. The molecule has 0 saturated heterocycles. The maximum Gasteiger partial charge on any atom is 0.138 e. The van der Waals surface area contributed by atoms with Gasteiger partial charge in [-0.2, -0.15) is 0 Å². The van der Waals surface area contributed by atoms with Crippen molar-refractivity contribution in [2.24, 2.45) is 0 Å². The van der Waals surface area contributed by atoms with Gasteiger partial charge in [-0.05, 0) is 35.0 Å². The van der Waals surface area contributed by atoms with Crippen LogP contribution in [0.15, 0.2) is 21.1 Å². The van der Waals surface area contributed by atoms with E-state index in [1.54, 1.807) is 0 Å². The lowest BCUT2D eigenvalue weighted by Gasteiger charge is -2.14. The molecule has 3 N–H and O–H groups in total. The highest BCUT2D eigenvalue weighted by Crippen LogP contribution is 2.32. The van der Waals surface area contributed by atoms with Gasteiger partial charge in [-0.3, -0.25) is 0 Å². The van der Waals surface area contributed by atoms with Crippen LogP contribution in [0.5, 0.6) is 5.75 Å². The average molecular weight is 469 g/mol. The number of ether oxygens (including phenoxy) is 1. The van der Waals surface area contributed by atoms with Crippen LogP contribution in [0.2, 0.25) is 0 Å². The second-order valence-electron chi connectivity index (χ2n) is 3.96. The van der Waals surface area contributed by atoms with Gasteiger partial charge in [0.2, 0.25) is 0 Å². The molecule has 21 heavy (non-hydrogen) atoms. The van der Waals surface area contributed by atoms with Crippen LogP contribution >= 0.6 is 56.7 Å². The van der Waals surface area contributed by atoms with Gasteiger partial charge < -0.3 is 20.5 Å². The van der Waals surface area contributed by atoms with Crippen LogP contribution in [0.1, 0.15) is 12.5 Å². The highest BCUT2D eigenvalue weighted by atomic mass is 79.9. The third-order valence-corrected chi connectivity index (χ3v) is 3.50. The highest BCUT2D eigenvalue weighted by molar-refractivity contribution is 9.11. The van der Waals surface area contributed by atoms with E-state index in [0.717, 1.165) is 39.9 Å². The van der Waals surface area contributed by atoms with E-state index in [9.17, 15) is 0 Å². The Balaban J connectivity index is 0. The third kappa shape index (κ3) is 9.23. The first-order valence-electron chi connectivity index (χ1n) is 6.32. The number of hydrogen-bond acceptors (Lipinski definition) is 4. The SMILES string of the molecule is CCOc1c(Br)cc(Br)cc1CNCCNCCO.Cl.Cl. The molecule has 0 aliphatic carbocycles. The molecule has 0 amide bonds. The van der Waals surface area contributed by atoms with Crippen molar-refractivity contribution in [3.05, 3.63) is 26.6 Å². The Morgan fingerprint density at radius 1 is 1.10 bits per heavy atom. The minimum atomic E-state index is 0. The minimum absolute atomic E-state index is 0. The van der Waals surface area contributed by atoms with Gasteiger partial charge in [-0.15, -0.1) is 24.8 Å². The van der Waals surface area contributed by atoms with Crippen molar-refractivity contribution in [2.45, 2.75) is 13.5 Å². The van der Waals surface area contributed by atoms with E-state index < -0.39 is 0 Å². The van der Waals surface area contributed by atoms with Gasteiger partial charge in [-0.25, -0.2) is 0 Å². The Hall–Kier alpha value is 0.440. The molecule has 0 aromatic heterocycles. The number of rotatable bonds is 9. The van der Waals surface area contributed by atoms with Crippen LogP contribution < -0.4 is 15.4 Å². The molecule has 8 heteroatoms. The van der Waals surface area contributed by atoms with Crippen LogP contribution in [0.4, 0.5) is 0 Å². The van der Waals surface area contributed by atoms with Gasteiger partial charge in [0.15, 0.2) is 0 Å². The molecular weight excluding hydrogens is 447 g/mol. The fraction of sp³-hybridized carbons (Fsp3) is 0.538. The Bertz CT molecular complexity index is 399. The maximum atomic E-state index is 8.65. The van der Waals surface area contributed by atoms with Crippen LogP contribution in [-0.2, 0) is 6.54 Å². The summed E-state index contributed by atoms with van der Waals surface area (Å²) in [5.41, 5.74) is 1.12. The Labute approximate surface area is 155 Å². The molecule has 0 fully saturated rings. The van der Waals surface area contributed by atoms with Gasteiger partial charge in [0.25, 0.3) is 0 Å². The first-order chi connectivity index (χ1) is 9.19. The summed E-state index contributed by atoms with van der Waals surface area (Å²) in [6.45, 7) is 5.85. The summed E-state index contributed by atoms with van der Waals surface area (Å²) in [6, 6.07) is 4.04. The van der Waals surface area contributed by atoms with E-state index in [0.29, 0.717) is 13.2 Å². The van der Waals surface area contributed by atoms with Crippen molar-refractivity contribution in [3.8, 4) is 5.75 Å². The molecule has 0 unspecified atom stereocenters. The zero-order chi connectivity index (χ0) is 14.1. The predicted octanol–water partition coefficient (Wildman–Crippen LogP) is 3.13. The molecule has 124 valence electrons. The molecule has 0 spiro atoms. The average Bonchev–Trinajstić information content (AvgIpc) is 2.37. The molecule has 0 atom stereocenters. The second-order valence-corrected chi connectivity index (χ2v) is 5.73. The molecule has 0 heterocycles. The quantitative estimate of drug-likeness (QED) is 0.487. The van der Waals surface area contributed by atoms with Gasteiger partial charge in [-0.1, -0.05) is 15.9 Å². The number of nitrogens with one attached hydrogen (secondary N) is 2. The number of benzene rings is 1. The van der Waals surface area contributed by atoms with Gasteiger partial charge in [0.05, 0.1) is 17.7 Å². The molecule has 0 radical (unpaired) electrons. The van der Waals surface area contributed by atoms with Gasteiger partial charge in [0.1, 0.15) is 5.75 Å². The van der Waals surface area contributed by atoms with Crippen molar-refractivity contribution >= 4 is 56.7 Å². The highest BCUT2D eigenvalue weighted by Gasteiger charge is 2.09. The van der Waals surface area contributed by atoms with Crippen LogP contribution in [0.3, 0.4) is 0 Å². The maximum absolute atomic E-state index is 8.65. The molecule has 1 rings (SSSR count). The molecule has 0 bridgehead atoms. The van der Waals surface area contributed by atoms with E-state index in [2.05, 4.69) is 48.6 Å². The fourth-order valence-corrected chi connectivity index (χ4v) is 3.08. The standard InChI is InChI=1S/C13H20Br2N2O2.2ClH/c1-2-19-13-10(7-11(14)8-12(13)15)9-17-4-3-16-5-6-18;;/h7-8,16-18H,2-6,9H2,1H3;2*1H. The summed E-state index contributed by atoms with van der Waals surface area (Å²) in [6.07, 6.45) is 0. The van der Waals surface area contributed by atoms with E-state index in [-0.39, 0.29) is 31.4 Å². The Kier molecular flexibility index (Phi) is 15.9. The summed E-state index contributed by atoms with van der Waals surface area (Å²) >= 11 is 7.01. The second kappa shape index (κ2) is 14.1. The van der Waals surface area contributed by atoms with Crippen molar-refractivity contribution in [1.82, 2.24) is 10.6 Å². The first kappa shape index (κ1) is 23.7. The van der Waals surface area contributed by atoms with Crippen molar-refractivity contribution in [3.63, 3.8) is 0 Å². The van der Waals surface area contributed by atoms with E-state index in [1.807, 2.05) is 13.0 Å². The lowest BCUT2D eigenvalue weighted by atomic mass is 10.2. The lowest BCUT2D eigenvalue weighted by molar-refractivity contribution is 0.292. The zero-order valence-corrected chi connectivity index (χ0v) is 16.6. The van der Waals surface area contributed by atoms with E-state index in [1.165, 1.54) is 0 Å².